The number of rotatable bonds is 2. The molecule has 2 heterocycles. The molecule has 0 fully saturated rings. The molecule has 0 aliphatic carbocycles. The van der Waals surface area contributed by atoms with Gasteiger partial charge in [-0.15, -0.1) is 0 Å². The van der Waals surface area contributed by atoms with E-state index >= 15 is 0 Å². The van der Waals surface area contributed by atoms with Crippen molar-refractivity contribution in [1.29, 1.82) is 0 Å². The summed E-state index contributed by atoms with van der Waals surface area (Å²) < 4.78 is 1.80. The largest absolute Gasteiger partial charge is 0.363 e. The van der Waals surface area contributed by atoms with Crippen LogP contribution in [0, 0.1) is 6.33 Å². The molecule has 0 saturated carbocycles. The number of pyridine rings is 1. The van der Waals surface area contributed by atoms with Crippen LogP contribution in [-0.4, -0.2) is 28.6 Å². The minimum Gasteiger partial charge on any atom is -0.363 e. The third-order valence-electron chi connectivity index (χ3n) is 2.15. The van der Waals surface area contributed by atoms with Gasteiger partial charge in [0.05, 0.1) is 5.69 Å². The van der Waals surface area contributed by atoms with E-state index in [0.717, 1.165) is 17.1 Å². The molecule has 2 rings (SSSR count). The van der Waals surface area contributed by atoms with Gasteiger partial charge >= 0.3 is 0 Å². The Balaban J connectivity index is 2.31. The molecule has 2 aromatic rings. The van der Waals surface area contributed by atoms with Gasteiger partial charge in [0, 0.05) is 39.1 Å². The average Bonchev–Trinajstić information content (AvgIpc) is 2.65. The summed E-state index contributed by atoms with van der Waals surface area (Å²) in [4.78, 5) is 10.4. The summed E-state index contributed by atoms with van der Waals surface area (Å²) in [7, 11) is 5.84. The average molecular weight is 201 g/mol. The van der Waals surface area contributed by atoms with Crippen molar-refractivity contribution in [2.45, 2.75) is 0 Å². The number of aromatic nitrogens is 3. The first-order chi connectivity index (χ1) is 7.16. The molecule has 0 N–H and O–H groups in total. The predicted octanol–water partition coefficient (Wildman–Crippen LogP) is 1.35. The molecule has 15 heavy (non-hydrogen) atoms. The quantitative estimate of drug-likeness (QED) is 0.735. The summed E-state index contributed by atoms with van der Waals surface area (Å²) >= 11 is 0. The third-order valence-corrected chi connectivity index (χ3v) is 2.15. The van der Waals surface area contributed by atoms with Crippen LogP contribution < -0.4 is 4.90 Å². The monoisotopic (exact) mass is 201 g/mol. The maximum atomic E-state index is 4.33. The van der Waals surface area contributed by atoms with Crippen LogP contribution in [0.1, 0.15) is 0 Å². The Kier molecular flexibility index (Phi) is 2.41. The Bertz CT molecular complexity index is 442. The number of hydrogen-bond donors (Lipinski definition) is 0. The second kappa shape index (κ2) is 3.73. The zero-order valence-corrected chi connectivity index (χ0v) is 9.10. The zero-order chi connectivity index (χ0) is 10.8. The molecule has 4 nitrogen and oxygen atoms in total. The fraction of sp³-hybridized carbons (Fsp3) is 0.273. The molecule has 2 aromatic heterocycles. The molecule has 4 heteroatoms. The Morgan fingerprint density at radius 3 is 2.60 bits per heavy atom. The summed E-state index contributed by atoms with van der Waals surface area (Å²) in [6, 6.07) is 3.99. The molecule has 77 valence electrons. The summed E-state index contributed by atoms with van der Waals surface area (Å²) in [6.07, 6.45) is 6.58. The van der Waals surface area contributed by atoms with E-state index in [1.165, 1.54) is 0 Å². The lowest BCUT2D eigenvalue weighted by molar-refractivity contribution is 0.903. The summed E-state index contributed by atoms with van der Waals surface area (Å²) in [5, 5.41) is 0. The van der Waals surface area contributed by atoms with Crippen LogP contribution in [0.5, 0.6) is 0 Å². The van der Waals surface area contributed by atoms with Crippen LogP contribution in [0.3, 0.4) is 0 Å². The summed E-state index contributed by atoms with van der Waals surface area (Å²) in [5.74, 6) is 0.943. The van der Waals surface area contributed by atoms with E-state index in [0.29, 0.717) is 0 Å². The molecular formula is C11H13N4. The molecule has 0 bridgehead atoms. The van der Waals surface area contributed by atoms with Crippen molar-refractivity contribution in [2.75, 3.05) is 19.0 Å². The van der Waals surface area contributed by atoms with E-state index in [1.807, 2.05) is 50.6 Å². The maximum Gasteiger partial charge on any atom is 0.176 e. The van der Waals surface area contributed by atoms with Crippen molar-refractivity contribution >= 4 is 5.82 Å². The highest BCUT2D eigenvalue weighted by Gasteiger charge is 2.02. The van der Waals surface area contributed by atoms with Gasteiger partial charge in [0.15, 0.2) is 6.33 Å². The van der Waals surface area contributed by atoms with Crippen molar-refractivity contribution < 1.29 is 0 Å². The van der Waals surface area contributed by atoms with Gasteiger partial charge in [-0.05, 0) is 12.1 Å². The van der Waals surface area contributed by atoms with Crippen LogP contribution in [0.2, 0.25) is 0 Å². The van der Waals surface area contributed by atoms with Gasteiger partial charge in [-0.1, -0.05) is 0 Å². The number of imidazole rings is 1. The first kappa shape index (κ1) is 9.71. The van der Waals surface area contributed by atoms with Crippen molar-refractivity contribution in [3.8, 4) is 11.3 Å². The highest BCUT2D eigenvalue weighted by molar-refractivity contribution is 5.58. The molecule has 0 amide bonds. The van der Waals surface area contributed by atoms with Crippen molar-refractivity contribution in [2.24, 2.45) is 7.05 Å². The van der Waals surface area contributed by atoms with Gasteiger partial charge in [0.25, 0.3) is 0 Å². The number of hydrogen-bond acceptors (Lipinski definition) is 3. The van der Waals surface area contributed by atoms with Gasteiger partial charge in [-0.3, -0.25) is 0 Å². The lowest BCUT2D eigenvalue weighted by Crippen LogP contribution is -2.09. The zero-order valence-electron chi connectivity index (χ0n) is 9.10. The summed E-state index contributed by atoms with van der Waals surface area (Å²) in [5.41, 5.74) is 1.91. The van der Waals surface area contributed by atoms with E-state index in [9.17, 15) is 0 Å². The highest BCUT2D eigenvalue weighted by Crippen LogP contribution is 2.17. The van der Waals surface area contributed by atoms with Crippen molar-refractivity contribution in [3.05, 3.63) is 30.9 Å². The van der Waals surface area contributed by atoms with Crippen LogP contribution in [0.25, 0.3) is 11.3 Å². The van der Waals surface area contributed by atoms with Crippen LogP contribution >= 0.6 is 0 Å². The van der Waals surface area contributed by atoms with Gasteiger partial charge < -0.3 is 9.47 Å². The van der Waals surface area contributed by atoms with E-state index in [2.05, 4.69) is 16.3 Å². The molecule has 0 atom stereocenters. The van der Waals surface area contributed by atoms with Crippen molar-refractivity contribution in [3.63, 3.8) is 0 Å². The minimum absolute atomic E-state index is 0.898. The molecular weight excluding hydrogens is 188 g/mol. The molecule has 1 radical (unpaired) electrons. The minimum atomic E-state index is 0.898. The van der Waals surface area contributed by atoms with Gasteiger partial charge in [0.2, 0.25) is 0 Å². The second-order valence-electron chi connectivity index (χ2n) is 3.64. The van der Waals surface area contributed by atoms with E-state index in [4.69, 9.17) is 0 Å². The lowest BCUT2D eigenvalue weighted by Gasteiger charge is -2.10. The number of nitrogens with zero attached hydrogens (tertiary/aromatic N) is 4. The fourth-order valence-electron chi connectivity index (χ4n) is 1.32. The van der Waals surface area contributed by atoms with E-state index in [1.54, 1.807) is 4.57 Å². The molecule has 0 spiro atoms. The van der Waals surface area contributed by atoms with Crippen LogP contribution in [-0.2, 0) is 7.05 Å². The second-order valence-corrected chi connectivity index (χ2v) is 3.64. The van der Waals surface area contributed by atoms with E-state index in [-0.39, 0.29) is 0 Å². The Morgan fingerprint density at radius 2 is 2.13 bits per heavy atom. The Hall–Kier alpha value is -1.84. The normalized spacial score (nSPS) is 10.3. The predicted molar refractivity (Wildman–Crippen MR) is 59.6 cm³/mol. The van der Waals surface area contributed by atoms with Gasteiger partial charge in [-0.2, -0.15) is 0 Å². The van der Waals surface area contributed by atoms with Gasteiger partial charge in [0.1, 0.15) is 5.82 Å². The lowest BCUT2D eigenvalue weighted by atomic mass is 10.2. The van der Waals surface area contributed by atoms with Crippen LogP contribution in [0.4, 0.5) is 5.82 Å². The number of anilines is 1. The molecule has 0 aliphatic rings. The maximum absolute atomic E-state index is 4.33. The first-order valence-corrected chi connectivity index (χ1v) is 4.71. The topological polar surface area (TPSA) is 34.0 Å². The fourth-order valence-corrected chi connectivity index (χ4v) is 1.32. The van der Waals surface area contributed by atoms with Gasteiger partial charge in [-0.25, -0.2) is 9.97 Å². The van der Waals surface area contributed by atoms with Crippen LogP contribution in [0.15, 0.2) is 24.5 Å². The molecule has 0 saturated heterocycles. The molecule has 0 aliphatic heterocycles. The summed E-state index contributed by atoms with van der Waals surface area (Å²) in [6.45, 7) is 0. The SMILES string of the molecule is CN(C)c1ccc(-c2cn(C)[c]n2)cn1. The smallest absolute Gasteiger partial charge is 0.176 e. The Labute approximate surface area is 89.2 Å². The molecule has 0 aromatic carbocycles. The first-order valence-electron chi connectivity index (χ1n) is 4.71. The molecule has 0 unspecified atom stereocenters. The third kappa shape index (κ3) is 1.98. The Morgan fingerprint density at radius 1 is 1.33 bits per heavy atom. The van der Waals surface area contributed by atoms with Crippen molar-refractivity contribution in [1.82, 2.24) is 14.5 Å². The highest BCUT2D eigenvalue weighted by atomic mass is 15.1. The number of aryl methyl sites for hydroxylation is 1. The van der Waals surface area contributed by atoms with E-state index < -0.39 is 0 Å². The standard InChI is InChI=1S/C11H13N4/c1-14(2)11-5-4-9(6-12-11)10-7-15(3)8-13-10/h4-7H,1-3H3.